The zero-order valence-corrected chi connectivity index (χ0v) is 7.94. The van der Waals surface area contributed by atoms with Gasteiger partial charge in [-0.2, -0.15) is 0 Å². The lowest BCUT2D eigenvalue weighted by molar-refractivity contribution is 0.278. The number of rotatable bonds is 2. The molecule has 0 spiro atoms. The van der Waals surface area contributed by atoms with E-state index in [9.17, 15) is 0 Å². The van der Waals surface area contributed by atoms with Crippen molar-refractivity contribution in [3.63, 3.8) is 0 Å². The van der Waals surface area contributed by atoms with Crippen molar-refractivity contribution in [2.24, 2.45) is 0 Å². The fraction of sp³-hybridized carbons (Fsp3) is 0.400. The van der Waals surface area contributed by atoms with Gasteiger partial charge in [0.25, 0.3) is 0 Å². The molecule has 3 N–H and O–H groups in total. The monoisotopic (exact) mass is 194 g/mol. The van der Waals surface area contributed by atoms with Crippen LogP contribution in [-0.4, -0.2) is 31.4 Å². The second-order valence-corrected chi connectivity index (χ2v) is 3.29. The predicted molar refractivity (Wildman–Crippen MR) is 55.6 cm³/mol. The number of ether oxygens (including phenoxy) is 1. The second-order valence-electron chi connectivity index (χ2n) is 3.29. The van der Waals surface area contributed by atoms with E-state index < -0.39 is 0 Å². The number of fused-ring (bicyclic) bond motifs is 1. The van der Waals surface area contributed by atoms with Crippen LogP contribution in [0.15, 0.2) is 18.2 Å². The molecule has 1 aliphatic heterocycles. The van der Waals surface area contributed by atoms with E-state index in [2.05, 4.69) is 4.90 Å². The fourth-order valence-corrected chi connectivity index (χ4v) is 1.65. The Bertz CT molecular complexity index is 328. The Hall–Kier alpha value is -1.42. The van der Waals surface area contributed by atoms with Gasteiger partial charge in [-0.25, -0.2) is 0 Å². The van der Waals surface area contributed by atoms with Crippen molar-refractivity contribution >= 4 is 11.4 Å². The molecule has 0 unspecified atom stereocenters. The summed E-state index contributed by atoms with van der Waals surface area (Å²) in [7, 11) is 0. The molecule has 0 amide bonds. The minimum Gasteiger partial charge on any atom is -0.489 e. The van der Waals surface area contributed by atoms with Crippen LogP contribution in [0, 0.1) is 0 Å². The number of nitrogens with two attached hydrogens (primary N) is 1. The maximum atomic E-state index is 8.89. The summed E-state index contributed by atoms with van der Waals surface area (Å²) in [5, 5.41) is 8.89. The topological polar surface area (TPSA) is 58.7 Å². The van der Waals surface area contributed by atoms with Gasteiger partial charge in [0.15, 0.2) is 0 Å². The molecular formula is C10H14N2O2. The normalized spacial score (nSPS) is 14.8. The quantitative estimate of drug-likeness (QED) is 0.671. The molecule has 0 atom stereocenters. The van der Waals surface area contributed by atoms with Crippen LogP contribution < -0.4 is 15.4 Å². The number of hydrogen-bond donors (Lipinski definition) is 2. The summed E-state index contributed by atoms with van der Waals surface area (Å²) < 4.78 is 5.48. The summed E-state index contributed by atoms with van der Waals surface area (Å²) in [6.45, 7) is 2.26. The van der Waals surface area contributed by atoms with Crippen LogP contribution in [0.4, 0.5) is 11.4 Å². The SMILES string of the molecule is Nc1ccc2c(c1)OCCN2CCO. The minimum absolute atomic E-state index is 0.157. The average Bonchev–Trinajstić information content (AvgIpc) is 2.18. The Balaban J connectivity index is 2.30. The number of aliphatic hydroxyl groups excluding tert-OH is 1. The Morgan fingerprint density at radius 3 is 3.14 bits per heavy atom. The molecule has 4 heteroatoms. The molecule has 0 saturated carbocycles. The summed E-state index contributed by atoms with van der Waals surface area (Å²) in [5.41, 5.74) is 7.37. The van der Waals surface area contributed by atoms with Crippen molar-refractivity contribution in [3.05, 3.63) is 18.2 Å². The van der Waals surface area contributed by atoms with Crippen LogP contribution in [0.2, 0.25) is 0 Å². The Kier molecular flexibility index (Phi) is 2.45. The largest absolute Gasteiger partial charge is 0.489 e. The molecule has 1 aromatic rings. The maximum Gasteiger partial charge on any atom is 0.144 e. The van der Waals surface area contributed by atoms with Crippen LogP contribution in [0.1, 0.15) is 0 Å². The zero-order chi connectivity index (χ0) is 9.97. The highest BCUT2D eigenvalue weighted by molar-refractivity contribution is 5.64. The van der Waals surface area contributed by atoms with Gasteiger partial charge in [-0.15, -0.1) is 0 Å². The smallest absolute Gasteiger partial charge is 0.144 e. The molecule has 0 aliphatic carbocycles. The van der Waals surface area contributed by atoms with E-state index in [0.717, 1.165) is 18.0 Å². The third-order valence-electron chi connectivity index (χ3n) is 2.31. The lowest BCUT2D eigenvalue weighted by Gasteiger charge is -2.30. The van der Waals surface area contributed by atoms with E-state index in [-0.39, 0.29) is 6.61 Å². The van der Waals surface area contributed by atoms with E-state index in [1.165, 1.54) is 0 Å². The standard InChI is InChI=1S/C10H14N2O2/c11-8-1-2-9-10(7-8)14-6-4-12(9)3-5-13/h1-2,7,13H,3-6,11H2. The summed E-state index contributed by atoms with van der Waals surface area (Å²) in [4.78, 5) is 2.10. The molecule has 1 heterocycles. The third-order valence-corrected chi connectivity index (χ3v) is 2.31. The summed E-state index contributed by atoms with van der Waals surface area (Å²) in [6.07, 6.45) is 0. The van der Waals surface area contributed by atoms with Crippen molar-refractivity contribution in [1.82, 2.24) is 0 Å². The number of nitrogens with zero attached hydrogens (tertiary/aromatic N) is 1. The lowest BCUT2D eigenvalue weighted by atomic mass is 10.2. The van der Waals surface area contributed by atoms with Crippen LogP contribution in [0.5, 0.6) is 5.75 Å². The van der Waals surface area contributed by atoms with E-state index in [1.54, 1.807) is 0 Å². The predicted octanol–water partition coefficient (Wildman–Crippen LogP) is 0.460. The van der Waals surface area contributed by atoms with Gasteiger partial charge in [-0.3, -0.25) is 0 Å². The second kappa shape index (κ2) is 3.75. The summed E-state index contributed by atoms with van der Waals surface area (Å²) >= 11 is 0. The van der Waals surface area contributed by atoms with Crippen LogP contribution in [-0.2, 0) is 0 Å². The van der Waals surface area contributed by atoms with Gasteiger partial charge < -0.3 is 20.5 Å². The van der Waals surface area contributed by atoms with Crippen LogP contribution in [0.25, 0.3) is 0 Å². The number of β-amino-alcohol motifs (C(OH)–C–C–N with tert-alkyl or cyclic N) is 1. The molecule has 0 saturated heterocycles. The third kappa shape index (κ3) is 1.61. The fourth-order valence-electron chi connectivity index (χ4n) is 1.65. The van der Waals surface area contributed by atoms with E-state index >= 15 is 0 Å². The first-order valence-electron chi connectivity index (χ1n) is 4.69. The van der Waals surface area contributed by atoms with Crippen molar-refractivity contribution < 1.29 is 9.84 Å². The molecule has 14 heavy (non-hydrogen) atoms. The maximum absolute atomic E-state index is 8.89. The molecule has 0 bridgehead atoms. The van der Waals surface area contributed by atoms with Crippen LogP contribution in [0.3, 0.4) is 0 Å². The molecule has 0 aromatic heterocycles. The van der Waals surface area contributed by atoms with Gasteiger partial charge in [0.05, 0.1) is 18.8 Å². The van der Waals surface area contributed by atoms with E-state index in [0.29, 0.717) is 18.8 Å². The number of hydrogen-bond acceptors (Lipinski definition) is 4. The van der Waals surface area contributed by atoms with Gasteiger partial charge in [0.1, 0.15) is 12.4 Å². The number of aliphatic hydroxyl groups is 1. The van der Waals surface area contributed by atoms with Gasteiger partial charge >= 0.3 is 0 Å². The highest BCUT2D eigenvalue weighted by Crippen LogP contribution is 2.32. The summed E-state index contributed by atoms with van der Waals surface area (Å²) in [6, 6.07) is 5.59. The molecule has 76 valence electrons. The number of anilines is 2. The molecule has 0 fully saturated rings. The van der Waals surface area contributed by atoms with Crippen molar-refractivity contribution in [2.45, 2.75) is 0 Å². The van der Waals surface area contributed by atoms with Crippen molar-refractivity contribution in [2.75, 3.05) is 36.9 Å². The lowest BCUT2D eigenvalue weighted by Crippen LogP contribution is -2.34. The Morgan fingerprint density at radius 1 is 1.50 bits per heavy atom. The molecular weight excluding hydrogens is 180 g/mol. The van der Waals surface area contributed by atoms with E-state index in [4.69, 9.17) is 15.6 Å². The van der Waals surface area contributed by atoms with Gasteiger partial charge in [0, 0.05) is 18.3 Å². The number of nitrogen functional groups attached to an aromatic ring is 1. The van der Waals surface area contributed by atoms with Crippen molar-refractivity contribution in [3.8, 4) is 5.75 Å². The average molecular weight is 194 g/mol. The van der Waals surface area contributed by atoms with Gasteiger partial charge in [0.2, 0.25) is 0 Å². The van der Waals surface area contributed by atoms with Crippen LogP contribution >= 0.6 is 0 Å². The molecule has 1 aliphatic rings. The minimum atomic E-state index is 0.157. The summed E-state index contributed by atoms with van der Waals surface area (Å²) in [5.74, 6) is 0.810. The Morgan fingerprint density at radius 2 is 2.36 bits per heavy atom. The van der Waals surface area contributed by atoms with E-state index in [1.807, 2.05) is 18.2 Å². The zero-order valence-electron chi connectivity index (χ0n) is 7.94. The number of benzene rings is 1. The van der Waals surface area contributed by atoms with Crippen molar-refractivity contribution in [1.29, 1.82) is 0 Å². The molecule has 2 rings (SSSR count). The van der Waals surface area contributed by atoms with Gasteiger partial charge in [-0.1, -0.05) is 0 Å². The first-order valence-corrected chi connectivity index (χ1v) is 4.69. The first-order chi connectivity index (χ1) is 6.81. The highest BCUT2D eigenvalue weighted by atomic mass is 16.5. The molecule has 0 radical (unpaired) electrons. The first kappa shape index (κ1) is 9.15. The highest BCUT2D eigenvalue weighted by Gasteiger charge is 2.16. The molecule has 4 nitrogen and oxygen atoms in total. The van der Waals surface area contributed by atoms with Gasteiger partial charge in [-0.05, 0) is 12.1 Å². The molecule has 1 aromatic carbocycles. The Labute approximate surface area is 82.9 Å².